The quantitative estimate of drug-likeness (QED) is 0.157. The Morgan fingerprint density at radius 3 is 2.42 bits per heavy atom. The molecule has 210 valence electrons. The van der Waals surface area contributed by atoms with Crippen LogP contribution >= 0.6 is 0 Å². The highest BCUT2D eigenvalue weighted by Gasteiger charge is 2.57. The van der Waals surface area contributed by atoms with Gasteiger partial charge in [-0.1, -0.05) is 66.7 Å². The molecule has 7 heteroatoms. The predicted octanol–water partition coefficient (Wildman–Crippen LogP) is 6.24. The third-order valence-corrected chi connectivity index (χ3v) is 9.38. The summed E-state index contributed by atoms with van der Waals surface area (Å²) >= 11 is 0. The minimum absolute atomic E-state index is 0.0564. The summed E-state index contributed by atoms with van der Waals surface area (Å²) in [6.07, 6.45) is 3.55. The topological polar surface area (TPSA) is 46.2 Å². The molecule has 1 N–H and O–H groups in total. The average Bonchev–Trinajstić information content (AvgIpc) is 3.50. The molecule has 2 aromatic heterocycles. The standard InChI is InChI=1S/C36H32BN5O/c1-35(2)36(3,4)42-30-18-9-8-17-28(30)29-21-22-33(38-34(29)37(42)39-35)43-27-16-12-15-26(23-27)41-24-40(25-13-6-5-7-14-25)31-19-10-11-20-32(31)41/h5-23,39H,1-4H3. The number of pyridine rings is 1. The Morgan fingerprint density at radius 1 is 0.791 bits per heavy atom. The van der Waals surface area contributed by atoms with Crippen LogP contribution in [-0.2, 0) is 0 Å². The second kappa shape index (κ2) is 9.31. The molecular formula is C36H32BN5O. The maximum Gasteiger partial charge on any atom is 0.397 e. The highest BCUT2D eigenvalue weighted by molar-refractivity contribution is 6.77. The molecule has 8 rings (SSSR count). The van der Waals surface area contributed by atoms with Crippen LogP contribution in [0.5, 0.6) is 11.6 Å². The molecular weight excluding hydrogens is 529 g/mol. The minimum Gasteiger partial charge on any atom is -0.440 e. The molecule has 1 fully saturated rings. The fourth-order valence-electron chi connectivity index (χ4n) is 6.53. The van der Waals surface area contributed by atoms with Crippen LogP contribution in [0.25, 0.3) is 33.5 Å². The van der Waals surface area contributed by atoms with Crippen molar-refractivity contribution < 1.29 is 9.30 Å². The van der Waals surface area contributed by atoms with E-state index in [4.69, 9.17) is 9.72 Å². The Labute approximate surface area is 252 Å². The SMILES string of the molecule is CC1(C)NB2c3nc(Oc4cccc(-n5[c-][n+](-c6ccccc6)c6ccccc65)c4)ccc3-c3ccccc3N2C1(C)C. The summed E-state index contributed by atoms with van der Waals surface area (Å²) in [7, 11) is 0. The lowest BCUT2D eigenvalue weighted by Gasteiger charge is -2.45. The summed E-state index contributed by atoms with van der Waals surface area (Å²) in [5.74, 6) is 1.29. The van der Waals surface area contributed by atoms with Gasteiger partial charge in [-0.05, 0) is 70.2 Å². The summed E-state index contributed by atoms with van der Waals surface area (Å²) < 4.78 is 10.6. The molecule has 0 atom stereocenters. The lowest BCUT2D eigenvalue weighted by Crippen LogP contribution is -2.59. The van der Waals surface area contributed by atoms with Gasteiger partial charge in [-0.3, -0.25) is 9.13 Å². The molecule has 0 amide bonds. The fraction of sp³-hybridized carbons (Fsp3) is 0.167. The van der Waals surface area contributed by atoms with Crippen LogP contribution in [0.1, 0.15) is 27.7 Å². The van der Waals surface area contributed by atoms with E-state index in [0.717, 1.165) is 39.3 Å². The van der Waals surface area contributed by atoms with Gasteiger partial charge in [-0.2, -0.15) is 0 Å². The van der Waals surface area contributed by atoms with Crippen LogP contribution in [0, 0.1) is 6.33 Å². The van der Waals surface area contributed by atoms with Gasteiger partial charge >= 0.3 is 6.98 Å². The number of hydrogen-bond acceptors (Lipinski definition) is 4. The fourth-order valence-corrected chi connectivity index (χ4v) is 6.53. The number of nitrogens with one attached hydrogen (secondary N) is 1. The number of nitrogens with zero attached hydrogens (tertiary/aromatic N) is 4. The second-order valence-electron chi connectivity index (χ2n) is 12.4. The van der Waals surface area contributed by atoms with Crippen molar-refractivity contribution in [2.24, 2.45) is 0 Å². The van der Waals surface area contributed by atoms with Gasteiger partial charge < -0.3 is 14.8 Å². The van der Waals surface area contributed by atoms with Crippen molar-refractivity contribution in [3.63, 3.8) is 0 Å². The zero-order valence-electron chi connectivity index (χ0n) is 24.7. The number of ether oxygens (including phenoxy) is 1. The Bertz CT molecular complexity index is 2020. The van der Waals surface area contributed by atoms with Gasteiger partial charge in [0.1, 0.15) is 5.75 Å². The van der Waals surface area contributed by atoms with Crippen molar-refractivity contribution in [3.8, 4) is 34.1 Å². The van der Waals surface area contributed by atoms with Crippen molar-refractivity contribution >= 4 is 29.3 Å². The average molecular weight is 561 g/mol. The first-order valence-electron chi connectivity index (χ1n) is 14.8. The van der Waals surface area contributed by atoms with E-state index in [-0.39, 0.29) is 18.1 Å². The molecule has 2 aliphatic heterocycles. The summed E-state index contributed by atoms with van der Waals surface area (Å²) in [6, 6.07) is 39.5. The molecule has 0 unspecified atom stereocenters. The van der Waals surface area contributed by atoms with Crippen molar-refractivity contribution in [2.75, 3.05) is 4.81 Å². The number of fused-ring (bicyclic) bond motifs is 7. The molecule has 4 heterocycles. The number of benzene rings is 4. The number of hydrogen-bond donors (Lipinski definition) is 1. The molecule has 2 aliphatic rings. The number of aromatic nitrogens is 3. The highest BCUT2D eigenvalue weighted by Crippen LogP contribution is 2.45. The van der Waals surface area contributed by atoms with Gasteiger partial charge in [-0.15, -0.1) is 0 Å². The minimum atomic E-state index is -0.134. The number of imidazole rings is 1. The van der Waals surface area contributed by atoms with Gasteiger partial charge in [0.05, 0.1) is 28.0 Å². The third kappa shape index (κ3) is 3.92. The molecule has 43 heavy (non-hydrogen) atoms. The Kier molecular flexibility index (Phi) is 5.59. The summed E-state index contributed by atoms with van der Waals surface area (Å²) in [4.78, 5) is 7.62. The van der Waals surface area contributed by atoms with Gasteiger partial charge in [0, 0.05) is 34.0 Å². The molecule has 6 aromatic rings. The van der Waals surface area contributed by atoms with Gasteiger partial charge in [0.15, 0.2) is 0 Å². The smallest absolute Gasteiger partial charge is 0.397 e. The maximum atomic E-state index is 6.46. The Balaban J connectivity index is 1.18. The third-order valence-electron chi connectivity index (χ3n) is 9.38. The Hall–Kier alpha value is -4.88. The van der Waals surface area contributed by atoms with Crippen LogP contribution in [0.15, 0.2) is 115 Å². The first-order valence-corrected chi connectivity index (χ1v) is 14.8. The normalized spacial score (nSPS) is 16.1. The monoisotopic (exact) mass is 561 g/mol. The summed E-state index contributed by atoms with van der Waals surface area (Å²) in [5, 5.41) is 3.87. The van der Waals surface area contributed by atoms with Crippen molar-refractivity contribution in [2.45, 2.75) is 38.8 Å². The number of rotatable bonds is 4. The van der Waals surface area contributed by atoms with Crippen molar-refractivity contribution in [3.05, 3.63) is 122 Å². The first-order chi connectivity index (χ1) is 20.8. The molecule has 1 saturated heterocycles. The van der Waals surface area contributed by atoms with E-state index in [1.165, 1.54) is 11.3 Å². The molecule has 4 aromatic carbocycles. The van der Waals surface area contributed by atoms with Crippen LogP contribution in [0.2, 0.25) is 0 Å². The van der Waals surface area contributed by atoms with E-state index >= 15 is 0 Å². The van der Waals surface area contributed by atoms with E-state index in [2.05, 4.69) is 126 Å². The van der Waals surface area contributed by atoms with E-state index in [9.17, 15) is 0 Å². The van der Waals surface area contributed by atoms with Crippen LogP contribution in [0.4, 0.5) is 5.69 Å². The van der Waals surface area contributed by atoms with E-state index in [1.54, 1.807) is 0 Å². The summed E-state index contributed by atoms with van der Waals surface area (Å²) in [5.41, 5.74) is 8.45. The molecule has 6 nitrogen and oxygen atoms in total. The van der Waals surface area contributed by atoms with Crippen molar-refractivity contribution in [1.29, 1.82) is 0 Å². The summed E-state index contributed by atoms with van der Waals surface area (Å²) in [6.45, 7) is 9.08. The van der Waals surface area contributed by atoms with Gasteiger partial charge in [-0.25, -0.2) is 4.98 Å². The molecule has 0 bridgehead atoms. The molecule has 0 saturated carbocycles. The molecule has 0 spiro atoms. The van der Waals surface area contributed by atoms with Gasteiger partial charge in [0.25, 0.3) is 6.33 Å². The van der Waals surface area contributed by atoms with E-state index in [0.29, 0.717) is 5.88 Å². The lowest BCUT2D eigenvalue weighted by atomic mass is 9.64. The zero-order valence-corrected chi connectivity index (χ0v) is 24.7. The van der Waals surface area contributed by atoms with Crippen LogP contribution in [0.3, 0.4) is 0 Å². The van der Waals surface area contributed by atoms with Crippen molar-refractivity contribution in [1.82, 2.24) is 14.8 Å². The molecule has 0 radical (unpaired) electrons. The zero-order chi connectivity index (χ0) is 29.3. The van der Waals surface area contributed by atoms with E-state index < -0.39 is 0 Å². The van der Waals surface area contributed by atoms with E-state index in [1.807, 2.05) is 42.5 Å². The highest BCUT2D eigenvalue weighted by atomic mass is 16.5. The largest absolute Gasteiger partial charge is 0.440 e. The predicted molar refractivity (Wildman–Crippen MR) is 173 cm³/mol. The molecule has 0 aliphatic carbocycles. The van der Waals surface area contributed by atoms with Crippen LogP contribution < -0.4 is 24.9 Å². The Morgan fingerprint density at radius 2 is 1.56 bits per heavy atom. The number of anilines is 1. The first kappa shape index (κ1) is 25.8. The second-order valence-corrected chi connectivity index (χ2v) is 12.4. The van der Waals surface area contributed by atoms with Crippen LogP contribution in [-0.4, -0.2) is 27.6 Å². The van der Waals surface area contributed by atoms with Gasteiger partial charge in [0.2, 0.25) is 5.88 Å². The lowest BCUT2D eigenvalue weighted by molar-refractivity contribution is -0.572. The number of para-hydroxylation sites is 4. The maximum absolute atomic E-state index is 6.46.